The highest BCUT2D eigenvalue weighted by Crippen LogP contribution is 2.23. The maximum absolute atomic E-state index is 10.9. The smallest absolute Gasteiger partial charge is 0.147 e. The third-order valence-corrected chi connectivity index (χ3v) is 4.17. The molecule has 96 valence electrons. The minimum absolute atomic E-state index is 0.170. The molecule has 0 amide bonds. The van der Waals surface area contributed by atoms with Gasteiger partial charge < -0.3 is 10.4 Å². The van der Waals surface area contributed by atoms with Gasteiger partial charge in [-0.05, 0) is 31.7 Å². The molecule has 2 atom stereocenters. The lowest BCUT2D eigenvalue weighted by atomic mass is 9.86. The van der Waals surface area contributed by atoms with Gasteiger partial charge in [0, 0.05) is 12.8 Å². The maximum atomic E-state index is 10.9. The van der Waals surface area contributed by atoms with E-state index in [9.17, 15) is 13.5 Å². The van der Waals surface area contributed by atoms with Crippen LogP contribution in [0.25, 0.3) is 0 Å². The quantitative estimate of drug-likeness (QED) is 0.675. The molecule has 16 heavy (non-hydrogen) atoms. The van der Waals surface area contributed by atoms with Crippen LogP contribution in [0.3, 0.4) is 0 Å². The van der Waals surface area contributed by atoms with Crippen molar-refractivity contribution < 1.29 is 13.5 Å². The van der Waals surface area contributed by atoms with Crippen LogP contribution in [0.15, 0.2) is 0 Å². The minimum atomic E-state index is -2.83. The third-order valence-electron chi connectivity index (χ3n) is 3.14. The van der Waals surface area contributed by atoms with Gasteiger partial charge in [-0.1, -0.05) is 12.8 Å². The minimum Gasteiger partial charge on any atom is -0.393 e. The Hall–Kier alpha value is -0.130. The average Bonchev–Trinajstić information content (AvgIpc) is 2.18. The zero-order valence-corrected chi connectivity index (χ0v) is 10.8. The molecule has 0 aromatic heterocycles. The Balaban J connectivity index is 2.06. The lowest BCUT2D eigenvalue weighted by Gasteiger charge is -2.27. The Kier molecular flexibility index (Phi) is 5.72. The summed E-state index contributed by atoms with van der Waals surface area (Å²) < 4.78 is 21.8. The Morgan fingerprint density at radius 1 is 1.31 bits per heavy atom. The van der Waals surface area contributed by atoms with E-state index in [2.05, 4.69) is 5.32 Å². The van der Waals surface area contributed by atoms with Crippen molar-refractivity contribution in [1.29, 1.82) is 0 Å². The number of aliphatic hydroxyl groups excluding tert-OH is 1. The zero-order chi connectivity index (χ0) is 12.0. The summed E-state index contributed by atoms with van der Waals surface area (Å²) in [5.74, 6) is 0.597. The number of hydrogen-bond acceptors (Lipinski definition) is 4. The Morgan fingerprint density at radius 3 is 2.62 bits per heavy atom. The van der Waals surface area contributed by atoms with Gasteiger partial charge in [0.15, 0.2) is 0 Å². The van der Waals surface area contributed by atoms with Gasteiger partial charge in [-0.25, -0.2) is 8.42 Å². The molecular weight excluding hydrogens is 226 g/mol. The molecule has 0 bridgehead atoms. The predicted molar refractivity (Wildman–Crippen MR) is 65.2 cm³/mol. The summed E-state index contributed by atoms with van der Waals surface area (Å²) in [6.45, 7) is 1.53. The Morgan fingerprint density at radius 2 is 2.00 bits per heavy atom. The molecule has 0 saturated heterocycles. The first-order valence-electron chi connectivity index (χ1n) is 6.05. The molecule has 0 aromatic rings. The largest absolute Gasteiger partial charge is 0.393 e. The number of nitrogens with one attached hydrogen (secondary N) is 1. The van der Waals surface area contributed by atoms with E-state index in [4.69, 9.17) is 0 Å². The molecule has 4 nitrogen and oxygen atoms in total. The molecule has 1 fully saturated rings. The number of hydrogen-bond donors (Lipinski definition) is 2. The highest BCUT2D eigenvalue weighted by atomic mass is 32.2. The molecule has 5 heteroatoms. The van der Waals surface area contributed by atoms with Crippen molar-refractivity contribution in [2.75, 3.05) is 25.1 Å². The molecule has 0 radical (unpaired) electrons. The summed E-state index contributed by atoms with van der Waals surface area (Å²) in [6, 6.07) is 0. The van der Waals surface area contributed by atoms with Crippen LogP contribution < -0.4 is 5.32 Å². The van der Waals surface area contributed by atoms with E-state index in [1.807, 2.05) is 0 Å². The lowest BCUT2D eigenvalue weighted by Crippen LogP contribution is -2.34. The molecule has 0 heterocycles. The lowest BCUT2D eigenvalue weighted by molar-refractivity contribution is 0.0698. The topological polar surface area (TPSA) is 66.4 Å². The van der Waals surface area contributed by atoms with Crippen molar-refractivity contribution in [3.8, 4) is 0 Å². The van der Waals surface area contributed by atoms with Crippen LogP contribution in [0, 0.1) is 5.92 Å². The normalized spacial score (nSPS) is 26.9. The number of aliphatic hydroxyl groups is 1. The van der Waals surface area contributed by atoms with Crippen molar-refractivity contribution in [2.24, 2.45) is 5.92 Å². The van der Waals surface area contributed by atoms with Gasteiger partial charge in [0.1, 0.15) is 9.84 Å². The van der Waals surface area contributed by atoms with Crippen LogP contribution in [0.2, 0.25) is 0 Å². The second-order valence-corrected chi connectivity index (χ2v) is 7.06. The zero-order valence-electron chi connectivity index (χ0n) is 9.98. The third kappa shape index (κ3) is 5.82. The number of rotatable bonds is 6. The molecule has 1 aliphatic rings. The van der Waals surface area contributed by atoms with Crippen LogP contribution in [0.4, 0.5) is 0 Å². The maximum Gasteiger partial charge on any atom is 0.147 e. The van der Waals surface area contributed by atoms with Crippen molar-refractivity contribution in [3.63, 3.8) is 0 Å². The molecule has 2 N–H and O–H groups in total. The van der Waals surface area contributed by atoms with Crippen molar-refractivity contribution in [3.05, 3.63) is 0 Å². The first-order chi connectivity index (χ1) is 7.49. The second-order valence-electron chi connectivity index (χ2n) is 4.80. The van der Waals surface area contributed by atoms with Gasteiger partial charge in [-0.3, -0.25) is 0 Å². The summed E-state index contributed by atoms with van der Waals surface area (Å²) in [7, 11) is -2.83. The van der Waals surface area contributed by atoms with E-state index in [0.29, 0.717) is 12.3 Å². The molecule has 2 unspecified atom stereocenters. The fraction of sp³-hybridized carbons (Fsp3) is 1.00. The fourth-order valence-corrected chi connectivity index (χ4v) is 2.84. The van der Waals surface area contributed by atoms with Crippen molar-refractivity contribution in [1.82, 2.24) is 5.32 Å². The molecule has 1 saturated carbocycles. The molecule has 0 aliphatic heterocycles. The van der Waals surface area contributed by atoms with Gasteiger partial charge in [-0.15, -0.1) is 0 Å². The van der Waals surface area contributed by atoms with Gasteiger partial charge in [0.05, 0.1) is 11.9 Å². The van der Waals surface area contributed by atoms with Gasteiger partial charge >= 0.3 is 0 Å². The Labute approximate surface area is 98.4 Å². The van der Waals surface area contributed by atoms with Crippen LogP contribution in [0.5, 0.6) is 0 Å². The van der Waals surface area contributed by atoms with Crippen LogP contribution in [-0.4, -0.2) is 44.7 Å². The standard InChI is InChI=1S/C11H23NO3S/c1-16(14,15)8-4-7-12-9-10-5-2-3-6-11(10)13/h10-13H,2-9H2,1H3. The predicted octanol–water partition coefficient (Wildman–Crippen LogP) is 0.562. The van der Waals surface area contributed by atoms with Gasteiger partial charge in [0.2, 0.25) is 0 Å². The molecule has 0 aromatic carbocycles. The molecular formula is C11H23NO3S. The SMILES string of the molecule is CS(=O)(=O)CCCNCC1CCCCC1O. The van der Waals surface area contributed by atoms with Crippen molar-refractivity contribution >= 4 is 9.84 Å². The van der Waals surface area contributed by atoms with E-state index < -0.39 is 9.84 Å². The number of sulfone groups is 1. The van der Waals surface area contributed by atoms with E-state index >= 15 is 0 Å². The average molecular weight is 249 g/mol. The van der Waals surface area contributed by atoms with E-state index in [-0.39, 0.29) is 11.9 Å². The van der Waals surface area contributed by atoms with Crippen LogP contribution >= 0.6 is 0 Å². The Bertz CT molecular complexity index is 290. The van der Waals surface area contributed by atoms with E-state index in [1.165, 1.54) is 12.7 Å². The monoisotopic (exact) mass is 249 g/mol. The highest BCUT2D eigenvalue weighted by Gasteiger charge is 2.22. The van der Waals surface area contributed by atoms with Gasteiger partial charge in [0.25, 0.3) is 0 Å². The summed E-state index contributed by atoms with van der Waals surface area (Å²) in [5.41, 5.74) is 0. The molecule has 1 aliphatic carbocycles. The van der Waals surface area contributed by atoms with E-state index in [0.717, 1.165) is 32.4 Å². The summed E-state index contributed by atoms with van der Waals surface area (Å²) in [5, 5.41) is 13.0. The van der Waals surface area contributed by atoms with E-state index in [1.54, 1.807) is 0 Å². The molecule has 0 spiro atoms. The summed E-state index contributed by atoms with van der Waals surface area (Å²) in [4.78, 5) is 0. The van der Waals surface area contributed by atoms with Crippen LogP contribution in [0.1, 0.15) is 32.1 Å². The molecule has 1 rings (SSSR count). The second kappa shape index (κ2) is 6.57. The summed E-state index contributed by atoms with van der Waals surface area (Å²) >= 11 is 0. The highest BCUT2D eigenvalue weighted by molar-refractivity contribution is 7.90. The first kappa shape index (κ1) is 13.9. The summed E-state index contributed by atoms with van der Waals surface area (Å²) in [6.07, 6.45) is 6.07. The van der Waals surface area contributed by atoms with Crippen LogP contribution in [-0.2, 0) is 9.84 Å². The van der Waals surface area contributed by atoms with Crippen molar-refractivity contribution in [2.45, 2.75) is 38.2 Å². The van der Waals surface area contributed by atoms with Gasteiger partial charge in [-0.2, -0.15) is 0 Å². The first-order valence-corrected chi connectivity index (χ1v) is 8.11. The fourth-order valence-electron chi connectivity index (χ4n) is 2.17.